The van der Waals surface area contributed by atoms with E-state index in [0.29, 0.717) is 17.0 Å². The summed E-state index contributed by atoms with van der Waals surface area (Å²) in [5.41, 5.74) is 2.35. The van der Waals surface area contributed by atoms with Crippen molar-refractivity contribution >= 4 is 43.9 Å². The number of nitrogens with zero attached hydrogens (tertiary/aromatic N) is 1. The van der Waals surface area contributed by atoms with Gasteiger partial charge >= 0.3 is 0 Å². The molecule has 1 heterocycles. The number of rotatable bonds is 4. The number of benzene rings is 2. The van der Waals surface area contributed by atoms with E-state index in [4.69, 9.17) is 11.6 Å². The van der Waals surface area contributed by atoms with Crippen LogP contribution in [0.15, 0.2) is 53.4 Å². The molecule has 0 amide bonds. The number of hydrogen-bond acceptors (Lipinski definition) is 4. The van der Waals surface area contributed by atoms with Gasteiger partial charge in [0.1, 0.15) is 4.75 Å². The van der Waals surface area contributed by atoms with Crippen LogP contribution in [0.1, 0.15) is 50.9 Å². The van der Waals surface area contributed by atoms with Crippen molar-refractivity contribution < 1.29 is 13.0 Å². The fourth-order valence-corrected chi connectivity index (χ4v) is 6.50. The minimum absolute atomic E-state index is 0.166. The van der Waals surface area contributed by atoms with Gasteiger partial charge in [0, 0.05) is 33.0 Å². The highest BCUT2D eigenvalue weighted by atomic mass is 35.5. The topological polar surface area (TPSA) is 74.2 Å². The molecule has 0 saturated carbocycles. The minimum atomic E-state index is -3.81. The Bertz CT molecular complexity index is 1180. The number of fused-ring (bicyclic) bond motifs is 3. The number of para-hydroxylation sites is 1. The molecule has 0 bridgehead atoms. The average Bonchev–Trinajstić information content (AvgIpc) is 3.03. The van der Waals surface area contributed by atoms with Crippen LogP contribution in [0.4, 0.5) is 0 Å². The summed E-state index contributed by atoms with van der Waals surface area (Å²) in [6, 6.07) is 13.6. The molecule has 30 heavy (non-hydrogen) atoms. The minimum Gasteiger partial charge on any atom is -0.598 e. The fraction of sp³-hybridized carbons (Fsp3) is 0.364. The number of aromatic nitrogens is 1. The second kappa shape index (κ2) is 7.88. The van der Waals surface area contributed by atoms with E-state index in [2.05, 4.69) is 4.72 Å². The third-order valence-electron chi connectivity index (χ3n) is 5.38. The van der Waals surface area contributed by atoms with Crippen LogP contribution in [-0.4, -0.2) is 21.7 Å². The Labute approximate surface area is 185 Å². The van der Waals surface area contributed by atoms with Gasteiger partial charge in [-0.1, -0.05) is 29.8 Å². The second-order valence-electron chi connectivity index (χ2n) is 8.54. The maximum absolute atomic E-state index is 13.6. The molecule has 160 valence electrons. The van der Waals surface area contributed by atoms with E-state index in [0.717, 1.165) is 29.5 Å². The summed E-state index contributed by atoms with van der Waals surface area (Å²) in [6.07, 6.45) is 2.28. The summed E-state index contributed by atoms with van der Waals surface area (Å²) in [5, 5.41) is 1.37. The highest BCUT2D eigenvalue weighted by Gasteiger charge is 2.36. The molecule has 2 atom stereocenters. The fourth-order valence-electron chi connectivity index (χ4n) is 3.94. The molecule has 8 heteroatoms. The lowest BCUT2D eigenvalue weighted by molar-refractivity contribution is 0.488. The Morgan fingerprint density at radius 1 is 1.13 bits per heavy atom. The second-order valence-corrected chi connectivity index (χ2v) is 12.8. The Balaban J connectivity index is 1.91. The van der Waals surface area contributed by atoms with Gasteiger partial charge in [-0.25, -0.2) is 12.4 Å². The van der Waals surface area contributed by atoms with Crippen molar-refractivity contribution in [2.75, 3.05) is 0 Å². The van der Waals surface area contributed by atoms with E-state index in [1.807, 2.05) is 45.0 Å². The maximum Gasteiger partial charge on any atom is 0.268 e. The molecule has 4 rings (SSSR count). The highest BCUT2D eigenvalue weighted by Crippen LogP contribution is 2.40. The first-order chi connectivity index (χ1) is 14.1. The molecule has 1 aliphatic rings. The van der Waals surface area contributed by atoms with Crippen molar-refractivity contribution in [3.8, 4) is 0 Å². The van der Waals surface area contributed by atoms with Crippen molar-refractivity contribution in [3.63, 3.8) is 0 Å². The Hall–Kier alpha value is -1.51. The Kier molecular flexibility index (Phi) is 5.70. The first-order valence-corrected chi connectivity index (χ1v) is 12.9. The molecule has 0 saturated heterocycles. The van der Waals surface area contributed by atoms with E-state index >= 15 is 0 Å². The van der Waals surface area contributed by atoms with Crippen LogP contribution >= 0.6 is 11.6 Å². The molecule has 0 radical (unpaired) electrons. The van der Waals surface area contributed by atoms with Crippen molar-refractivity contribution in [2.24, 2.45) is 0 Å². The average molecular weight is 465 g/mol. The standard InChI is InChI=1S/C22H25ClN2O3S2/c1-22(2,3)29(26)24-18-8-6-10-20-21(18)17-7-4-5-9-19(17)25(20)30(27,28)16-13-11-15(23)12-14-16/h4-5,7,9,11-14,18,24H,6,8,10H2,1-3H3/t18-,29+/m0/s1. The summed E-state index contributed by atoms with van der Waals surface area (Å²) in [4.78, 5) is 0.198. The Morgan fingerprint density at radius 2 is 1.80 bits per heavy atom. The summed E-state index contributed by atoms with van der Waals surface area (Å²) in [6.45, 7) is 5.77. The Morgan fingerprint density at radius 3 is 2.47 bits per heavy atom. The lowest BCUT2D eigenvalue weighted by atomic mass is 9.91. The normalized spacial score (nSPS) is 18.4. The van der Waals surface area contributed by atoms with E-state index in [1.54, 1.807) is 12.1 Å². The van der Waals surface area contributed by atoms with Crippen LogP contribution in [-0.2, 0) is 27.8 Å². The van der Waals surface area contributed by atoms with E-state index in [1.165, 1.54) is 16.1 Å². The summed E-state index contributed by atoms with van der Waals surface area (Å²) in [7, 11) is -3.81. The molecule has 3 aromatic rings. The molecule has 0 aliphatic heterocycles. The molecular weight excluding hydrogens is 440 g/mol. The highest BCUT2D eigenvalue weighted by molar-refractivity contribution is 7.91. The zero-order chi connectivity index (χ0) is 21.7. The van der Waals surface area contributed by atoms with Gasteiger partial charge in [0.05, 0.1) is 16.5 Å². The smallest absolute Gasteiger partial charge is 0.268 e. The van der Waals surface area contributed by atoms with E-state index in [-0.39, 0.29) is 10.9 Å². The molecule has 2 aromatic carbocycles. The molecule has 1 N–H and O–H groups in total. The first-order valence-electron chi connectivity index (χ1n) is 9.92. The van der Waals surface area contributed by atoms with Crippen molar-refractivity contribution in [1.82, 2.24) is 8.69 Å². The van der Waals surface area contributed by atoms with Crippen molar-refractivity contribution in [2.45, 2.75) is 55.7 Å². The molecule has 1 aliphatic carbocycles. The van der Waals surface area contributed by atoms with E-state index in [9.17, 15) is 13.0 Å². The van der Waals surface area contributed by atoms with Crippen LogP contribution < -0.4 is 4.72 Å². The van der Waals surface area contributed by atoms with E-state index < -0.39 is 26.1 Å². The van der Waals surface area contributed by atoms with Gasteiger partial charge in [-0.2, -0.15) is 0 Å². The molecule has 0 spiro atoms. The van der Waals surface area contributed by atoms with Gasteiger partial charge in [-0.15, -0.1) is 4.72 Å². The number of halogens is 1. The predicted octanol–water partition coefficient (Wildman–Crippen LogP) is 4.96. The molecule has 1 aromatic heterocycles. The number of nitrogens with one attached hydrogen (secondary N) is 1. The lowest BCUT2D eigenvalue weighted by Crippen LogP contribution is -2.42. The molecule has 0 fully saturated rings. The summed E-state index contributed by atoms with van der Waals surface area (Å²) in [5.74, 6) is 0. The van der Waals surface area contributed by atoms with Crippen molar-refractivity contribution in [1.29, 1.82) is 0 Å². The lowest BCUT2D eigenvalue weighted by Gasteiger charge is -2.30. The van der Waals surface area contributed by atoms with Gasteiger partial charge in [0.2, 0.25) is 0 Å². The maximum atomic E-state index is 13.6. The SMILES string of the molecule is CC(C)(C)[S@@+]([O-])N[C@H]1CCCc2c1c1ccccc1n2S(=O)(=O)c1ccc(Cl)cc1. The van der Waals surface area contributed by atoms with Crippen LogP contribution in [0.2, 0.25) is 5.02 Å². The summed E-state index contributed by atoms with van der Waals surface area (Å²) >= 11 is 4.70. The zero-order valence-electron chi connectivity index (χ0n) is 17.2. The summed E-state index contributed by atoms with van der Waals surface area (Å²) < 4.78 is 44.4. The third kappa shape index (κ3) is 3.78. The zero-order valence-corrected chi connectivity index (χ0v) is 19.6. The first kappa shape index (κ1) is 21.7. The van der Waals surface area contributed by atoms with Gasteiger partial charge in [0.25, 0.3) is 10.0 Å². The van der Waals surface area contributed by atoms with Crippen LogP contribution in [0, 0.1) is 0 Å². The van der Waals surface area contributed by atoms with Crippen molar-refractivity contribution in [3.05, 3.63) is 64.8 Å². The van der Waals surface area contributed by atoms with Gasteiger partial charge < -0.3 is 4.55 Å². The van der Waals surface area contributed by atoms with Crippen LogP contribution in [0.5, 0.6) is 0 Å². The largest absolute Gasteiger partial charge is 0.598 e. The number of hydrogen-bond donors (Lipinski definition) is 1. The van der Waals surface area contributed by atoms with Gasteiger partial charge in [0.15, 0.2) is 0 Å². The predicted molar refractivity (Wildman–Crippen MR) is 123 cm³/mol. The third-order valence-corrected chi connectivity index (χ3v) is 9.01. The van der Waals surface area contributed by atoms with Gasteiger partial charge in [-0.3, -0.25) is 0 Å². The molecule has 0 unspecified atom stereocenters. The molecule has 5 nitrogen and oxygen atoms in total. The van der Waals surface area contributed by atoms with Crippen LogP contribution in [0.3, 0.4) is 0 Å². The molecular formula is C22H25ClN2O3S2. The monoisotopic (exact) mass is 464 g/mol. The quantitative estimate of drug-likeness (QED) is 0.553. The van der Waals surface area contributed by atoms with Crippen LogP contribution in [0.25, 0.3) is 10.9 Å². The van der Waals surface area contributed by atoms with Gasteiger partial charge in [-0.05, 0) is 70.4 Å².